The lowest BCUT2D eigenvalue weighted by Gasteiger charge is -2.11. The first-order valence-electron chi connectivity index (χ1n) is 6.14. The molecule has 0 saturated heterocycles. The van der Waals surface area contributed by atoms with Crippen molar-refractivity contribution >= 4 is 5.78 Å². The van der Waals surface area contributed by atoms with Gasteiger partial charge in [0.05, 0.1) is 0 Å². The van der Waals surface area contributed by atoms with Gasteiger partial charge in [-0.2, -0.15) is 0 Å². The lowest BCUT2D eigenvalue weighted by molar-refractivity contribution is -0.120. The van der Waals surface area contributed by atoms with Gasteiger partial charge in [0.2, 0.25) is 0 Å². The van der Waals surface area contributed by atoms with E-state index in [9.17, 15) is 4.79 Å². The molecule has 0 aliphatic heterocycles. The maximum atomic E-state index is 11.3. The molecule has 0 N–H and O–H groups in total. The van der Waals surface area contributed by atoms with Crippen LogP contribution in [0.1, 0.15) is 46.2 Å². The molecule has 1 heterocycles. The summed E-state index contributed by atoms with van der Waals surface area (Å²) < 4.78 is 0. The Bertz CT molecular complexity index is 282. The van der Waals surface area contributed by atoms with Gasteiger partial charge in [-0.1, -0.05) is 33.3 Å². The van der Waals surface area contributed by atoms with Crippen LogP contribution in [0.4, 0.5) is 0 Å². The zero-order valence-electron chi connectivity index (χ0n) is 10.9. The van der Waals surface area contributed by atoms with Crippen molar-refractivity contribution in [1.29, 1.82) is 0 Å². The van der Waals surface area contributed by atoms with E-state index < -0.39 is 0 Å². The normalized spacial score (nSPS) is 11.2. The SMILES string of the molecule is CC.CCCC(Cc1ccccn1)C(C)=O. The highest BCUT2D eigenvalue weighted by atomic mass is 16.1. The summed E-state index contributed by atoms with van der Waals surface area (Å²) in [6, 6.07) is 5.84. The molecule has 0 aromatic carbocycles. The maximum Gasteiger partial charge on any atom is 0.133 e. The van der Waals surface area contributed by atoms with Crippen LogP contribution in [0.15, 0.2) is 24.4 Å². The van der Waals surface area contributed by atoms with Gasteiger partial charge in [-0.25, -0.2) is 0 Å². The average molecular weight is 221 g/mol. The summed E-state index contributed by atoms with van der Waals surface area (Å²) in [5.41, 5.74) is 1.01. The van der Waals surface area contributed by atoms with Crippen LogP contribution in [0, 0.1) is 5.92 Å². The van der Waals surface area contributed by atoms with E-state index in [2.05, 4.69) is 11.9 Å². The summed E-state index contributed by atoms with van der Waals surface area (Å²) in [6.45, 7) is 7.78. The zero-order valence-corrected chi connectivity index (χ0v) is 10.9. The van der Waals surface area contributed by atoms with Crippen LogP contribution in [0.2, 0.25) is 0 Å². The number of carbonyl (C=O) groups is 1. The van der Waals surface area contributed by atoms with E-state index in [1.54, 1.807) is 13.1 Å². The molecule has 1 aromatic rings. The molecule has 1 rings (SSSR count). The number of Topliss-reactive ketones (excluding diaryl/α,β-unsaturated/α-hetero) is 1. The van der Waals surface area contributed by atoms with Crippen LogP contribution in [0.25, 0.3) is 0 Å². The Morgan fingerprint density at radius 3 is 2.50 bits per heavy atom. The molecule has 0 aliphatic rings. The van der Waals surface area contributed by atoms with E-state index in [1.807, 2.05) is 32.0 Å². The number of carbonyl (C=O) groups excluding carboxylic acids is 1. The van der Waals surface area contributed by atoms with Crippen molar-refractivity contribution in [2.24, 2.45) is 5.92 Å². The Hall–Kier alpha value is -1.18. The minimum atomic E-state index is 0.148. The number of hydrogen-bond acceptors (Lipinski definition) is 2. The van der Waals surface area contributed by atoms with Crippen LogP contribution >= 0.6 is 0 Å². The molecule has 2 nitrogen and oxygen atoms in total. The first kappa shape index (κ1) is 14.8. The second-order valence-electron chi connectivity index (χ2n) is 3.62. The lowest BCUT2D eigenvalue weighted by atomic mass is 9.94. The van der Waals surface area contributed by atoms with Gasteiger partial charge in [-0.05, 0) is 31.9 Å². The molecule has 16 heavy (non-hydrogen) atoms. The van der Waals surface area contributed by atoms with E-state index >= 15 is 0 Å². The van der Waals surface area contributed by atoms with Crippen LogP contribution in [-0.4, -0.2) is 10.8 Å². The summed E-state index contributed by atoms with van der Waals surface area (Å²) in [5.74, 6) is 0.424. The number of ketones is 1. The van der Waals surface area contributed by atoms with Crippen molar-refractivity contribution in [3.8, 4) is 0 Å². The van der Waals surface area contributed by atoms with E-state index in [4.69, 9.17) is 0 Å². The molecule has 0 saturated carbocycles. The highest BCUT2D eigenvalue weighted by molar-refractivity contribution is 5.78. The van der Waals surface area contributed by atoms with Crippen molar-refractivity contribution in [3.63, 3.8) is 0 Å². The molecule has 1 aromatic heterocycles. The molecule has 0 bridgehead atoms. The number of aromatic nitrogens is 1. The molecule has 0 fully saturated rings. The van der Waals surface area contributed by atoms with E-state index in [0.29, 0.717) is 0 Å². The minimum Gasteiger partial charge on any atom is -0.300 e. The fourth-order valence-corrected chi connectivity index (χ4v) is 1.57. The summed E-state index contributed by atoms with van der Waals surface area (Å²) in [5, 5.41) is 0. The smallest absolute Gasteiger partial charge is 0.133 e. The number of pyridine rings is 1. The number of hydrogen-bond donors (Lipinski definition) is 0. The average Bonchev–Trinajstić information content (AvgIpc) is 2.32. The molecular formula is C14H23NO. The molecule has 0 radical (unpaired) electrons. The predicted octanol–water partition coefficient (Wildman–Crippen LogP) is 3.66. The Balaban J connectivity index is 0.00000106. The van der Waals surface area contributed by atoms with Crippen molar-refractivity contribution in [3.05, 3.63) is 30.1 Å². The summed E-state index contributed by atoms with van der Waals surface area (Å²) >= 11 is 0. The van der Waals surface area contributed by atoms with Gasteiger partial charge in [-0.3, -0.25) is 9.78 Å². The lowest BCUT2D eigenvalue weighted by Crippen LogP contribution is -2.14. The van der Waals surface area contributed by atoms with Crippen molar-refractivity contribution in [2.75, 3.05) is 0 Å². The number of nitrogens with zero attached hydrogens (tertiary/aromatic N) is 1. The van der Waals surface area contributed by atoms with E-state index in [0.717, 1.165) is 25.0 Å². The topological polar surface area (TPSA) is 30.0 Å². The molecule has 2 heteroatoms. The third-order valence-electron chi connectivity index (χ3n) is 2.39. The second kappa shape index (κ2) is 9.08. The summed E-state index contributed by atoms with van der Waals surface area (Å²) in [4.78, 5) is 15.5. The Kier molecular flexibility index (Phi) is 8.41. The predicted molar refractivity (Wildman–Crippen MR) is 68.4 cm³/mol. The molecule has 0 aliphatic carbocycles. The summed E-state index contributed by atoms with van der Waals surface area (Å²) in [6.07, 6.45) is 4.57. The highest BCUT2D eigenvalue weighted by Gasteiger charge is 2.13. The van der Waals surface area contributed by atoms with Gasteiger partial charge in [0.1, 0.15) is 5.78 Å². The van der Waals surface area contributed by atoms with Crippen molar-refractivity contribution < 1.29 is 4.79 Å². The fourth-order valence-electron chi connectivity index (χ4n) is 1.57. The Morgan fingerprint density at radius 2 is 2.06 bits per heavy atom. The van der Waals surface area contributed by atoms with Crippen LogP contribution in [0.3, 0.4) is 0 Å². The third kappa shape index (κ3) is 5.64. The summed E-state index contributed by atoms with van der Waals surface area (Å²) in [7, 11) is 0. The van der Waals surface area contributed by atoms with Crippen molar-refractivity contribution in [1.82, 2.24) is 4.98 Å². The Labute approximate surface area is 99.1 Å². The highest BCUT2D eigenvalue weighted by Crippen LogP contribution is 2.13. The molecule has 1 atom stereocenters. The first-order valence-corrected chi connectivity index (χ1v) is 6.14. The minimum absolute atomic E-state index is 0.148. The van der Waals surface area contributed by atoms with Crippen LogP contribution < -0.4 is 0 Å². The van der Waals surface area contributed by atoms with Crippen LogP contribution in [-0.2, 0) is 11.2 Å². The van der Waals surface area contributed by atoms with Gasteiger partial charge in [0.15, 0.2) is 0 Å². The van der Waals surface area contributed by atoms with Crippen LogP contribution in [0.5, 0.6) is 0 Å². The van der Waals surface area contributed by atoms with Crippen molar-refractivity contribution in [2.45, 2.75) is 47.0 Å². The number of rotatable bonds is 5. The monoisotopic (exact) mass is 221 g/mol. The fraction of sp³-hybridized carbons (Fsp3) is 0.571. The van der Waals surface area contributed by atoms with Gasteiger partial charge in [-0.15, -0.1) is 0 Å². The van der Waals surface area contributed by atoms with Gasteiger partial charge >= 0.3 is 0 Å². The molecule has 0 spiro atoms. The van der Waals surface area contributed by atoms with E-state index in [1.165, 1.54) is 0 Å². The van der Waals surface area contributed by atoms with Gasteiger partial charge in [0, 0.05) is 17.8 Å². The zero-order chi connectivity index (χ0) is 12.4. The second-order valence-corrected chi connectivity index (χ2v) is 3.62. The Morgan fingerprint density at radius 1 is 1.38 bits per heavy atom. The van der Waals surface area contributed by atoms with E-state index in [-0.39, 0.29) is 11.7 Å². The quantitative estimate of drug-likeness (QED) is 0.759. The molecule has 0 amide bonds. The molecule has 90 valence electrons. The first-order chi connectivity index (χ1) is 7.74. The largest absolute Gasteiger partial charge is 0.300 e. The molecule has 1 unspecified atom stereocenters. The van der Waals surface area contributed by atoms with Gasteiger partial charge in [0.25, 0.3) is 0 Å². The van der Waals surface area contributed by atoms with Gasteiger partial charge < -0.3 is 0 Å². The standard InChI is InChI=1S/C12H17NO.C2H6/c1-3-6-11(10(2)14)9-12-7-4-5-8-13-12;1-2/h4-5,7-8,11H,3,6,9H2,1-2H3;1-2H3. The third-order valence-corrected chi connectivity index (χ3v) is 2.39. The maximum absolute atomic E-state index is 11.3. The molecular weight excluding hydrogens is 198 g/mol.